The fraction of sp³-hybridized carbons (Fsp3) is 0.214. The molecular weight excluding hydrogens is 298 g/mol. The van der Waals surface area contributed by atoms with Gasteiger partial charge < -0.3 is 9.84 Å². The van der Waals surface area contributed by atoms with E-state index < -0.39 is 46.0 Å². The molecule has 2 rings (SSSR count). The lowest BCUT2D eigenvalue weighted by Crippen LogP contribution is -2.24. The Morgan fingerprint density at radius 3 is 2.50 bits per heavy atom. The first-order valence-electron chi connectivity index (χ1n) is 6.30. The van der Waals surface area contributed by atoms with E-state index in [0.29, 0.717) is 0 Å². The van der Waals surface area contributed by atoms with Crippen LogP contribution in [-0.4, -0.2) is 27.2 Å². The number of rotatable bonds is 3. The smallest absolute Gasteiger partial charge is 0.361 e. The van der Waals surface area contributed by atoms with Gasteiger partial charge >= 0.3 is 5.97 Å². The third-order valence-corrected chi connectivity index (χ3v) is 2.92. The van der Waals surface area contributed by atoms with Gasteiger partial charge in [-0.25, -0.2) is 18.6 Å². The van der Waals surface area contributed by atoms with Crippen molar-refractivity contribution in [3.05, 3.63) is 45.9 Å². The lowest BCUT2D eigenvalue weighted by Gasteiger charge is -2.12. The van der Waals surface area contributed by atoms with Crippen LogP contribution < -0.4 is 5.56 Å². The van der Waals surface area contributed by atoms with Crippen molar-refractivity contribution in [2.45, 2.75) is 6.92 Å². The molecule has 1 aromatic carbocycles. The van der Waals surface area contributed by atoms with Gasteiger partial charge in [0.25, 0.3) is 5.56 Å². The average Bonchev–Trinajstić information content (AvgIpc) is 2.47. The van der Waals surface area contributed by atoms with E-state index >= 15 is 0 Å². The van der Waals surface area contributed by atoms with Crippen LogP contribution in [0.5, 0.6) is 5.75 Å². The number of aromatic hydroxyl groups is 1. The summed E-state index contributed by atoms with van der Waals surface area (Å²) in [7, 11) is 1.17. The lowest BCUT2D eigenvalue weighted by atomic mass is 10.1. The molecular formula is C14H12F2N2O4. The topological polar surface area (TPSA) is 81.4 Å². The second-order valence-electron chi connectivity index (χ2n) is 4.31. The van der Waals surface area contributed by atoms with Gasteiger partial charge in [0.05, 0.1) is 12.2 Å². The standard InChI is InChI=1S/C14H12F2N2O4/c1-3-22-14(21)10-11(19)13(20)18(2)12(17-10)9-7(15)5-4-6-8(9)16/h4-6,19H,3H2,1-2H3. The molecule has 0 saturated carbocycles. The zero-order valence-electron chi connectivity index (χ0n) is 11.8. The van der Waals surface area contributed by atoms with Gasteiger partial charge in [-0.1, -0.05) is 6.07 Å². The summed E-state index contributed by atoms with van der Waals surface area (Å²) in [6.07, 6.45) is 0. The van der Waals surface area contributed by atoms with E-state index in [-0.39, 0.29) is 6.61 Å². The molecule has 2 aromatic rings. The predicted octanol–water partition coefficient (Wildman–Crippen LogP) is 1.61. The molecule has 6 nitrogen and oxygen atoms in total. The molecule has 0 aliphatic rings. The largest absolute Gasteiger partial charge is 0.501 e. The summed E-state index contributed by atoms with van der Waals surface area (Å²) < 4.78 is 33.1. The number of nitrogens with zero attached hydrogens (tertiary/aromatic N) is 2. The SMILES string of the molecule is CCOC(=O)c1nc(-c2c(F)cccc2F)n(C)c(=O)c1O. The van der Waals surface area contributed by atoms with Crippen LogP contribution >= 0.6 is 0 Å². The lowest BCUT2D eigenvalue weighted by molar-refractivity contribution is 0.0515. The first-order valence-corrected chi connectivity index (χ1v) is 6.30. The summed E-state index contributed by atoms with van der Waals surface area (Å²) in [5, 5.41) is 9.70. The highest BCUT2D eigenvalue weighted by Crippen LogP contribution is 2.25. The Morgan fingerprint density at radius 2 is 1.95 bits per heavy atom. The molecule has 0 saturated heterocycles. The molecule has 1 N–H and O–H groups in total. The highest BCUT2D eigenvalue weighted by molar-refractivity contribution is 5.90. The zero-order chi connectivity index (χ0) is 16.4. The van der Waals surface area contributed by atoms with Crippen LogP contribution in [0.3, 0.4) is 0 Å². The second kappa shape index (κ2) is 5.92. The van der Waals surface area contributed by atoms with Crippen LogP contribution in [-0.2, 0) is 11.8 Å². The maximum absolute atomic E-state index is 13.9. The predicted molar refractivity (Wildman–Crippen MR) is 72.5 cm³/mol. The van der Waals surface area contributed by atoms with E-state index in [9.17, 15) is 23.5 Å². The number of benzene rings is 1. The van der Waals surface area contributed by atoms with Crippen LogP contribution in [0.2, 0.25) is 0 Å². The zero-order valence-corrected chi connectivity index (χ0v) is 11.8. The van der Waals surface area contributed by atoms with Crippen molar-refractivity contribution in [3.63, 3.8) is 0 Å². The van der Waals surface area contributed by atoms with Crippen molar-refractivity contribution in [2.75, 3.05) is 6.61 Å². The number of hydrogen-bond donors (Lipinski definition) is 1. The summed E-state index contributed by atoms with van der Waals surface area (Å²) >= 11 is 0. The average molecular weight is 310 g/mol. The van der Waals surface area contributed by atoms with Gasteiger partial charge in [-0.05, 0) is 19.1 Å². The molecule has 8 heteroatoms. The van der Waals surface area contributed by atoms with E-state index in [4.69, 9.17) is 0 Å². The maximum atomic E-state index is 13.9. The van der Waals surface area contributed by atoms with Gasteiger partial charge in [-0.3, -0.25) is 9.36 Å². The van der Waals surface area contributed by atoms with Crippen molar-refractivity contribution in [3.8, 4) is 17.1 Å². The van der Waals surface area contributed by atoms with Crippen LogP contribution in [0.1, 0.15) is 17.4 Å². The van der Waals surface area contributed by atoms with Crippen LogP contribution in [0.25, 0.3) is 11.4 Å². The third kappa shape index (κ3) is 2.54. The number of carbonyl (C=O) groups excluding carboxylic acids is 1. The maximum Gasteiger partial charge on any atom is 0.361 e. The van der Waals surface area contributed by atoms with Gasteiger partial charge in [0.15, 0.2) is 5.69 Å². The molecule has 0 radical (unpaired) electrons. The van der Waals surface area contributed by atoms with Crippen LogP contribution in [0, 0.1) is 11.6 Å². The fourth-order valence-corrected chi connectivity index (χ4v) is 1.87. The molecule has 0 spiro atoms. The van der Waals surface area contributed by atoms with E-state index in [1.807, 2.05) is 0 Å². The summed E-state index contributed by atoms with van der Waals surface area (Å²) in [5.74, 6) is -4.34. The van der Waals surface area contributed by atoms with Crippen molar-refractivity contribution in [1.29, 1.82) is 0 Å². The number of ether oxygens (including phenoxy) is 1. The molecule has 0 aliphatic heterocycles. The molecule has 0 amide bonds. The van der Waals surface area contributed by atoms with E-state index in [2.05, 4.69) is 9.72 Å². The molecule has 0 bridgehead atoms. The van der Waals surface area contributed by atoms with Crippen molar-refractivity contribution in [1.82, 2.24) is 9.55 Å². The van der Waals surface area contributed by atoms with Crippen molar-refractivity contribution in [2.24, 2.45) is 7.05 Å². The highest BCUT2D eigenvalue weighted by Gasteiger charge is 2.24. The first kappa shape index (κ1) is 15.6. The van der Waals surface area contributed by atoms with E-state index in [1.54, 1.807) is 0 Å². The van der Waals surface area contributed by atoms with Crippen molar-refractivity contribution >= 4 is 5.97 Å². The Kier molecular flexibility index (Phi) is 4.20. The fourth-order valence-electron chi connectivity index (χ4n) is 1.87. The molecule has 1 aromatic heterocycles. The van der Waals surface area contributed by atoms with Gasteiger partial charge in [-0.2, -0.15) is 0 Å². The van der Waals surface area contributed by atoms with Crippen LogP contribution in [0.15, 0.2) is 23.0 Å². The molecule has 1 heterocycles. The van der Waals surface area contributed by atoms with Gasteiger partial charge in [0.1, 0.15) is 17.5 Å². The second-order valence-corrected chi connectivity index (χ2v) is 4.31. The highest BCUT2D eigenvalue weighted by atomic mass is 19.1. The summed E-state index contributed by atoms with van der Waals surface area (Å²) in [4.78, 5) is 27.3. The van der Waals surface area contributed by atoms with E-state index in [0.717, 1.165) is 22.8 Å². The number of carbonyl (C=O) groups is 1. The number of aromatic nitrogens is 2. The molecule has 0 fully saturated rings. The number of esters is 1. The van der Waals surface area contributed by atoms with Gasteiger partial charge in [0.2, 0.25) is 5.75 Å². The monoisotopic (exact) mass is 310 g/mol. The molecule has 116 valence electrons. The van der Waals surface area contributed by atoms with Gasteiger partial charge in [-0.15, -0.1) is 0 Å². The summed E-state index contributed by atoms with van der Waals surface area (Å²) in [6.45, 7) is 1.51. The quantitative estimate of drug-likeness (QED) is 0.871. The van der Waals surface area contributed by atoms with Gasteiger partial charge in [0, 0.05) is 7.05 Å². The van der Waals surface area contributed by atoms with E-state index in [1.165, 1.54) is 14.0 Å². The third-order valence-electron chi connectivity index (χ3n) is 2.92. The normalized spacial score (nSPS) is 10.5. The Hall–Kier alpha value is -2.77. The summed E-state index contributed by atoms with van der Waals surface area (Å²) in [5.41, 5.74) is -2.29. The first-order chi connectivity index (χ1) is 10.4. The number of hydrogen-bond acceptors (Lipinski definition) is 5. The molecule has 22 heavy (non-hydrogen) atoms. The minimum absolute atomic E-state index is 0.0153. The number of halogens is 2. The molecule has 0 unspecified atom stereocenters. The Morgan fingerprint density at radius 1 is 1.36 bits per heavy atom. The van der Waals surface area contributed by atoms with Crippen molar-refractivity contribution < 1.29 is 23.4 Å². The summed E-state index contributed by atoms with van der Waals surface area (Å²) in [6, 6.07) is 3.13. The molecule has 0 atom stereocenters. The Labute approximate surface area is 123 Å². The Bertz CT molecular complexity index is 782. The minimum Gasteiger partial charge on any atom is -0.501 e. The van der Waals surface area contributed by atoms with Crippen LogP contribution in [0.4, 0.5) is 8.78 Å². The Balaban J connectivity index is 2.78. The molecule has 0 aliphatic carbocycles. The minimum atomic E-state index is -1.06.